The summed E-state index contributed by atoms with van der Waals surface area (Å²) in [7, 11) is 13.3. The van der Waals surface area contributed by atoms with Crippen LogP contribution in [0.1, 0.15) is 0 Å². The summed E-state index contributed by atoms with van der Waals surface area (Å²) in [5.41, 5.74) is -1.36. The van der Waals surface area contributed by atoms with Crippen LogP contribution in [0.15, 0.2) is 48.9 Å². The third-order valence-electron chi connectivity index (χ3n) is 3.84. The predicted octanol–water partition coefficient (Wildman–Crippen LogP) is 1.80. The molecule has 0 fully saturated rings. The summed E-state index contributed by atoms with van der Waals surface area (Å²) in [6.45, 7) is 3.89. The van der Waals surface area contributed by atoms with Crippen molar-refractivity contribution in [2.75, 3.05) is 25.5 Å². The topological polar surface area (TPSA) is 54.9 Å². The van der Waals surface area contributed by atoms with Crippen LogP contribution in [0.2, 0.25) is 0 Å². The highest BCUT2D eigenvalue weighted by Gasteiger charge is 2.29. The van der Waals surface area contributed by atoms with E-state index >= 15 is 0 Å². The molecule has 0 N–H and O–H groups in total. The Morgan fingerprint density at radius 2 is 1.96 bits per heavy atom. The van der Waals surface area contributed by atoms with E-state index in [1.807, 2.05) is 0 Å². The Hall–Kier alpha value is -2.96. The number of nitrogens with zero attached hydrogens (tertiary/aromatic N) is 3. The van der Waals surface area contributed by atoms with Crippen LogP contribution in [0.25, 0.3) is 11.3 Å². The zero-order valence-corrected chi connectivity index (χ0v) is 15.0. The number of alkyl halides is 1. The maximum absolute atomic E-state index is 13.2. The summed E-state index contributed by atoms with van der Waals surface area (Å²) in [5, 5.41) is 0. The quantitative estimate of drug-likeness (QED) is 0.759. The number of hydrogen-bond donors (Lipinski definition) is 0. The van der Waals surface area contributed by atoms with E-state index in [1.165, 1.54) is 17.0 Å². The third kappa shape index (κ3) is 4.24. The molecule has 1 aliphatic rings. The second-order valence-corrected chi connectivity index (χ2v) is 6.21. The molecule has 6 nitrogen and oxygen atoms in total. The number of pyridine rings is 1. The van der Waals surface area contributed by atoms with Crippen LogP contribution in [-0.2, 0) is 4.79 Å². The molecular weight excluding hydrogens is 347 g/mol. The molecule has 0 spiro atoms. The van der Waals surface area contributed by atoms with Crippen molar-refractivity contribution in [3.63, 3.8) is 0 Å². The van der Waals surface area contributed by atoms with E-state index in [1.54, 1.807) is 43.3 Å². The largest absolute Gasteiger partial charge is 0.476 e. The van der Waals surface area contributed by atoms with E-state index in [2.05, 4.69) is 11.6 Å². The fourth-order valence-electron chi connectivity index (χ4n) is 2.48. The van der Waals surface area contributed by atoms with Crippen molar-refractivity contribution in [2.45, 2.75) is 5.65 Å². The lowest BCUT2D eigenvalue weighted by Gasteiger charge is -2.19. The highest BCUT2D eigenvalue weighted by molar-refractivity contribution is 6.37. The Labute approximate surface area is 159 Å². The first-order valence-electron chi connectivity index (χ1n) is 8.05. The van der Waals surface area contributed by atoms with Crippen LogP contribution in [0, 0.1) is 0 Å². The van der Waals surface area contributed by atoms with Crippen molar-refractivity contribution in [1.82, 2.24) is 9.88 Å². The Morgan fingerprint density at radius 1 is 1.30 bits per heavy atom. The van der Waals surface area contributed by atoms with E-state index < -0.39 is 5.65 Å². The van der Waals surface area contributed by atoms with Gasteiger partial charge in [-0.1, -0.05) is 0 Å². The highest BCUT2D eigenvalue weighted by Crippen LogP contribution is 2.38. The average Bonchev–Trinajstić information content (AvgIpc) is 2.89. The Kier molecular flexibility index (Phi) is 4.87. The number of ether oxygens (including phenoxy) is 2. The molecule has 27 heavy (non-hydrogen) atoms. The Balaban J connectivity index is 1.86. The molecule has 0 saturated carbocycles. The number of hydrogen-bond acceptors (Lipinski definition) is 5. The van der Waals surface area contributed by atoms with Gasteiger partial charge in [-0.05, 0) is 43.0 Å². The molecule has 0 saturated heterocycles. The lowest BCUT2D eigenvalue weighted by molar-refractivity contribution is -0.127. The van der Waals surface area contributed by atoms with Gasteiger partial charge >= 0.3 is 0 Å². The Bertz CT molecular complexity index is 882. The van der Waals surface area contributed by atoms with Gasteiger partial charge in [0, 0.05) is 19.7 Å². The molecule has 1 aliphatic heterocycles. The summed E-state index contributed by atoms with van der Waals surface area (Å²) in [5.74, 6) is 1.42. The van der Waals surface area contributed by atoms with Crippen LogP contribution in [0.3, 0.4) is 0 Å². The fraction of sp³-hybridized carbons (Fsp3) is 0.222. The maximum Gasteiger partial charge on any atom is 0.242 e. The number of likely N-dealkylation sites (N-methyl/N-ethyl adjacent to an activating group) is 1. The molecule has 0 bridgehead atoms. The number of amides is 1. The van der Waals surface area contributed by atoms with Crippen molar-refractivity contribution in [3.8, 4) is 22.8 Å². The van der Waals surface area contributed by atoms with Gasteiger partial charge in [-0.15, -0.1) is 0 Å². The van der Waals surface area contributed by atoms with Crippen molar-refractivity contribution < 1.29 is 18.7 Å². The summed E-state index contributed by atoms with van der Waals surface area (Å²) < 4.78 is 23.5. The molecule has 9 heteroatoms. The van der Waals surface area contributed by atoms with E-state index in [9.17, 15) is 9.18 Å². The minimum absolute atomic E-state index is 0.0631. The number of carbonyl (C=O) groups is 1. The first-order chi connectivity index (χ1) is 12.6. The van der Waals surface area contributed by atoms with Crippen molar-refractivity contribution in [1.29, 1.82) is 0 Å². The van der Waals surface area contributed by atoms with Gasteiger partial charge in [0.1, 0.15) is 12.3 Å². The van der Waals surface area contributed by atoms with Crippen LogP contribution in [-0.4, -0.2) is 57.8 Å². The average molecular weight is 363 g/mol. The van der Waals surface area contributed by atoms with Gasteiger partial charge in [0.15, 0.2) is 38.8 Å². The smallest absolute Gasteiger partial charge is 0.242 e. The summed E-state index contributed by atoms with van der Waals surface area (Å²) in [6.07, 6.45) is 0. The fourth-order valence-corrected chi connectivity index (χ4v) is 2.48. The van der Waals surface area contributed by atoms with Gasteiger partial charge in [-0.25, -0.2) is 9.37 Å². The molecule has 134 valence electrons. The number of aromatic nitrogens is 1. The third-order valence-corrected chi connectivity index (χ3v) is 3.84. The first-order valence-corrected chi connectivity index (χ1v) is 8.05. The number of benzene rings is 1. The zero-order valence-electron chi connectivity index (χ0n) is 15.0. The molecule has 0 aliphatic carbocycles. The number of fused-ring (bicyclic) bond motifs is 1. The second-order valence-electron chi connectivity index (χ2n) is 6.21. The van der Waals surface area contributed by atoms with Crippen LogP contribution >= 0.6 is 0 Å². The molecule has 0 atom stereocenters. The standard InChI is InChI=1S/C18H16B2FN3O3/c1-11-24(10-16(25)23(2)3)17-15(26-11)9-8-14(22-17)12-4-6-13(7-5-12)27-18(19,20)21/h4-9H,1,10H2,2-3H3. The molecule has 1 amide bonds. The minimum Gasteiger partial charge on any atom is -0.476 e. The van der Waals surface area contributed by atoms with E-state index in [4.69, 9.17) is 25.2 Å². The highest BCUT2D eigenvalue weighted by atomic mass is 19.2. The van der Waals surface area contributed by atoms with Gasteiger partial charge in [-0.2, -0.15) is 0 Å². The van der Waals surface area contributed by atoms with E-state index in [0.29, 0.717) is 23.1 Å². The molecule has 2 aromatic rings. The minimum atomic E-state index is -2.75. The molecule has 2 heterocycles. The number of carbonyl (C=O) groups excluding carboxylic acids is 1. The van der Waals surface area contributed by atoms with Gasteiger partial charge in [0.05, 0.1) is 5.69 Å². The maximum atomic E-state index is 13.2. The zero-order chi connectivity index (χ0) is 19.8. The second kappa shape index (κ2) is 6.98. The lowest BCUT2D eigenvalue weighted by Crippen LogP contribution is -2.35. The molecular formula is C18H16B2FN3O3. The van der Waals surface area contributed by atoms with E-state index in [0.717, 1.165) is 5.56 Å². The Morgan fingerprint density at radius 3 is 2.56 bits per heavy atom. The molecule has 0 unspecified atom stereocenters. The van der Waals surface area contributed by atoms with Gasteiger partial charge in [-0.3, -0.25) is 9.69 Å². The van der Waals surface area contributed by atoms with Crippen molar-refractivity contribution in [3.05, 3.63) is 48.9 Å². The van der Waals surface area contributed by atoms with Crippen LogP contribution < -0.4 is 14.4 Å². The SMILES string of the molecule is [B]C([B])(F)Oc1ccc(-c2ccc3c(n2)N(CC(=O)N(C)C)C(=C)O3)cc1. The number of rotatable bonds is 5. The van der Waals surface area contributed by atoms with Crippen molar-refractivity contribution in [2.24, 2.45) is 0 Å². The normalized spacial score (nSPS) is 13.1. The molecule has 3 rings (SSSR count). The van der Waals surface area contributed by atoms with Gasteiger partial charge in [0.25, 0.3) is 0 Å². The van der Waals surface area contributed by atoms with Crippen LogP contribution in [0.5, 0.6) is 11.5 Å². The summed E-state index contributed by atoms with van der Waals surface area (Å²) >= 11 is 0. The first kappa shape index (κ1) is 18.8. The summed E-state index contributed by atoms with van der Waals surface area (Å²) in [4.78, 5) is 19.7. The van der Waals surface area contributed by atoms with Crippen LogP contribution in [0.4, 0.5) is 10.2 Å². The molecule has 1 aromatic heterocycles. The lowest BCUT2D eigenvalue weighted by atomic mass is 9.78. The number of halogens is 1. The molecule has 1 aromatic carbocycles. The summed E-state index contributed by atoms with van der Waals surface area (Å²) in [6, 6.07) is 9.96. The van der Waals surface area contributed by atoms with E-state index in [-0.39, 0.29) is 18.2 Å². The van der Waals surface area contributed by atoms with Crippen molar-refractivity contribution >= 4 is 27.4 Å². The number of anilines is 1. The monoisotopic (exact) mass is 363 g/mol. The van der Waals surface area contributed by atoms with Gasteiger partial charge < -0.3 is 14.4 Å². The predicted molar refractivity (Wildman–Crippen MR) is 101 cm³/mol. The molecule has 4 radical (unpaired) electrons. The van der Waals surface area contributed by atoms with Gasteiger partial charge in [0.2, 0.25) is 5.91 Å².